The minimum Gasteiger partial charge on any atom is -0.497 e. The minimum absolute atomic E-state index is 0.588. The quantitative estimate of drug-likeness (QED) is 0.843. The van der Waals surface area contributed by atoms with Gasteiger partial charge in [0.15, 0.2) is 0 Å². The lowest BCUT2D eigenvalue weighted by Gasteiger charge is -2.11. The van der Waals surface area contributed by atoms with Crippen molar-refractivity contribution < 1.29 is 10.1 Å². The zero-order valence-corrected chi connectivity index (χ0v) is 11.7. The molecule has 19 heavy (non-hydrogen) atoms. The molecule has 2 N–H and O–H groups in total. The molecule has 0 aliphatic carbocycles. The van der Waals surface area contributed by atoms with Crippen LogP contribution in [0, 0.1) is 0 Å². The van der Waals surface area contributed by atoms with Gasteiger partial charge >= 0.3 is 0 Å². The zero-order chi connectivity index (χ0) is 13.5. The van der Waals surface area contributed by atoms with Gasteiger partial charge in [-0.15, -0.1) is 0 Å². The number of ether oxygens (including phenoxy) is 1. The molecule has 0 unspecified atom stereocenters. The standard InChI is InChI=1S/C17H21NO/c1-14(12-15-6-4-3-5-7-15)18-13-16-8-10-17(19-2)11-9-16/h3-11,14,18H,12-13H2,1-2H3/p+1/t14-/m1/s1. The fraction of sp³-hybridized carbons (Fsp3) is 0.294. The molecule has 0 heterocycles. The van der Waals surface area contributed by atoms with Crippen molar-refractivity contribution in [3.63, 3.8) is 0 Å². The van der Waals surface area contributed by atoms with Gasteiger partial charge in [0.2, 0.25) is 0 Å². The van der Waals surface area contributed by atoms with Gasteiger partial charge in [0.05, 0.1) is 13.2 Å². The molecule has 0 bridgehead atoms. The summed E-state index contributed by atoms with van der Waals surface area (Å²) in [6.45, 7) is 3.29. The first-order valence-corrected chi connectivity index (χ1v) is 6.78. The molecule has 2 rings (SSSR count). The highest BCUT2D eigenvalue weighted by Gasteiger charge is 2.06. The number of methoxy groups -OCH3 is 1. The van der Waals surface area contributed by atoms with E-state index in [1.54, 1.807) is 7.11 Å². The highest BCUT2D eigenvalue weighted by atomic mass is 16.5. The second kappa shape index (κ2) is 6.95. The molecule has 0 amide bonds. The van der Waals surface area contributed by atoms with Gasteiger partial charge in [-0.25, -0.2) is 0 Å². The maximum atomic E-state index is 5.16. The van der Waals surface area contributed by atoms with E-state index in [0.29, 0.717) is 6.04 Å². The third-order valence-corrected chi connectivity index (χ3v) is 3.32. The van der Waals surface area contributed by atoms with Crippen LogP contribution in [-0.4, -0.2) is 13.2 Å². The second-order valence-electron chi connectivity index (χ2n) is 4.95. The number of nitrogens with two attached hydrogens (primary N) is 1. The molecule has 0 aliphatic heterocycles. The van der Waals surface area contributed by atoms with Gasteiger partial charge < -0.3 is 10.1 Å². The lowest BCUT2D eigenvalue weighted by molar-refractivity contribution is -0.701. The average molecular weight is 256 g/mol. The van der Waals surface area contributed by atoms with E-state index >= 15 is 0 Å². The van der Waals surface area contributed by atoms with Crippen LogP contribution >= 0.6 is 0 Å². The van der Waals surface area contributed by atoms with E-state index in [0.717, 1.165) is 18.7 Å². The van der Waals surface area contributed by atoms with Gasteiger partial charge in [0.1, 0.15) is 12.3 Å². The number of rotatable bonds is 6. The highest BCUT2D eigenvalue weighted by molar-refractivity contribution is 5.26. The Morgan fingerprint density at radius 2 is 1.63 bits per heavy atom. The van der Waals surface area contributed by atoms with Gasteiger partial charge in [-0.2, -0.15) is 0 Å². The van der Waals surface area contributed by atoms with E-state index in [2.05, 4.69) is 54.7 Å². The van der Waals surface area contributed by atoms with Crippen LogP contribution < -0.4 is 10.1 Å². The molecule has 2 heteroatoms. The Balaban J connectivity index is 1.81. The number of benzene rings is 2. The molecule has 0 radical (unpaired) electrons. The summed E-state index contributed by atoms with van der Waals surface area (Å²) in [7, 11) is 1.70. The van der Waals surface area contributed by atoms with E-state index in [1.165, 1.54) is 11.1 Å². The molecular weight excluding hydrogens is 234 g/mol. The van der Waals surface area contributed by atoms with E-state index < -0.39 is 0 Å². The van der Waals surface area contributed by atoms with Crippen LogP contribution in [0.2, 0.25) is 0 Å². The normalized spacial score (nSPS) is 12.1. The molecule has 2 nitrogen and oxygen atoms in total. The van der Waals surface area contributed by atoms with Crippen LogP contribution in [0.1, 0.15) is 18.1 Å². The highest BCUT2D eigenvalue weighted by Crippen LogP contribution is 2.10. The summed E-state index contributed by atoms with van der Waals surface area (Å²) in [4.78, 5) is 0. The predicted molar refractivity (Wildman–Crippen MR) is 78.2 cm³/mol. The van der Waals surface area contributed by atoms with Gasteiger partial charge in [-0.1, -0.05) is 30.3 Å². The summed E-state index contributed by atoms with van der Waals surface area (Å²) in [6.07, 6.45) is 1.11. The SMILES string of the molecule is COc1ccc(C[NH2+][C@H](C)Cc2ccccc2)cc1. The lowest BCUT2D eigenvalue weighted by atomic mass is 10.1. The smallest absolute Gasteiger partial charge is 0.118 e. The van der Waals surface area contributed by atoms with Crippen molar-refractivity contribution in [2.45, 2.75) is 25.9 Å². The molecule has 0 saturated carbocycles. The molecular formula is C17H22NO+. The Labute approximate surface area is 115 Å². The Morgan fingerprint density at radius 1 is 0.947 bits per heavy atom. The Kier molecular flexibility index (Phi) is 4.99. The van der Waals surface area contributed by atoms with Crippen LogP contribution in [0.5, 0.6) is 5.75 Å². The van der Waals surface area contributed by atoms with Crippen LogP contribution in [0.3, 0.4) is 0 Å². The summed E-state index contributed by atoms with van der Waals surface area (Å²) in [5.74, 6) is 0.918. The molecule has 100 valence electrons. The first-order valence-electron chi connectivity index (χ1n) is 6.78. The predicted octanol–water partition coefficient (Wildman–Crippen LogP) is 2.39. The van der Waals surface area contributed by atoms with E-state index in [-0.39, 0.29) is 0 Å². The molecule has 2 aromatic carbocycles. The first kappa shape index (κ1) is 13.6. The Hall–Kier alpha value is -1.80. The van der Waals surface area contributed by atoms with Crippen molar-refractivity contribution >= 4 is 0 Å². The summed E-state index contributed by atoms with van der Waals surface area (Å²) >= 11 is 0. The monoisotopic (exact) mass is 256 g/mol. The van der Waals surface area contributed by atoms with Crippen molar-refractivity contribution in [3.8, 4) is 5.75 Å². The maximum absolute atomic E-state index is 5.16. The van der Waals surface area contributed by atoms with E-state index in [4.69, 9.17) is 4.74 Å². The average Bonchev–Trinajstić information content (AvgIpc) is 2.47. The van der Waals surface area contributed by atoms with Crippen LogP contribution in [0.25, 0.3) is 0 Å². The number of hydrogen-bond donors (Lipinski definition) is 1. The van der Waals surface area contributed by atoms with Crippen LogP contribution in [-0.2, 0) is 13.0 Å². The van der Waals surface area contributed by atoms with E-state index in [1.807, 2.05) is 12.1 Å². The molecule has 1 atom stereocenters. The Morgan fingerprint density at radius 3 is 2.26 bits per heavy atom. The molecule has 0 fully saturated rings. The first-order chi connectivity index (χ1) is 9.28. The topological polar surface area (TPSA) is 25.8 Å². The van der Waals surface area contributed by atoms with Gasteiger partial charge in [-0.05, 0) is 36.8 Å². The van der Waals surface area contributed by atoms with Crippen LogP contribution in [0.4, 0.5) is 0 Å². The largest absolute Gasteiger partial charge is 0.497 e. The summed E-state index contributed by atoms with van der Waals surface area (Å²) in [5, 5.41) is 2.38. The van der Waals surface area contributed by atoms with Crippen molar-refractivity contribution in [2.75, 3.05) is 7.11 Å². The van der Waals surface area contributed by atoms with Crippen LogP contribution in [0.15, 0.2) is 54.6 Å². The number of hydrogen-bond acceptors (Lipinski definition) is 1. The summed E-state index contributed by atoms with van der Waals surface area (Å²) in [6, 6.07) is 19.5. The molecule has 0 spiro atoms. The Bertz CT molecular complexity index is 478. The summed E-state index contributed by atoms with van der Waals surface area (Å²) in [5.41, 5.74) is 2.74. The lowest BCUT2D eigenvalue weighted by Crippen LogP contribution is -2.88. The molecule has 0 aliphatic rings. The van der Waals surface area contributed by atoms with Gasteiger partial charge in [0.25, 0.3) is 0 Å². The number of quaternary nitrogens is 1. The van der Waals surface area contributed by atoms with Gasteiger partial charge in [0, 0.05) is 12.0 Å². The van der Waals surface area contributed by atoms with Gasteiger partial charge in [-0.3, -0.25) is 0 Å². The summed E-state index contributed by atoms with van der Waals surface area (Å²) < 4.78 is 5.16. The fourth-order valence-corrected chi connectivity index (χ4v) is 2.17. The van der Waals surface area contributed by atoms with Crippen molar-refractivity contribution in [1.82, 2.24) is 0 Å². The van der Waals surface area contributed by atoms with Crippen molar-refractivity contribution in [2.24, 2.45) is 0 Å². The van der Waals surface area contributed by atoms with E-state index in [9.17, 15) is 0 Å². The zero-order valence-electron chi connectivity index (χ0n) is 11.7. The molecule has 2 aromatic rings. The minimum atomic E-state index is 0.588. The van der Waals surface area contributed by atoms with Crippen molar-refractivity contribution in [1.29, 1.82) is 0 Å². The fourth-order valence-electron chi connectivity index (χ4n) is 2.17. The van der Waals surface area contributed by atoms with Crippen molar-refractivity contribution in [3.05, 3.63) is 65.7 Å². The second-order valence-corrected chi connectivity index (χ2v) is 4.95. The molecule has 0 saturated heterocycles. The third kappa shape index (κ3) is 4.42. The maximum Gasteiger partial charge on any atom is 0.118 e. The molecule has 0 aromatic heterocycles. The third-order valence-electron chi connectivity index (χ3n) is 3.32.